The van der Waals surface area contributed by atoms with Gasteiger partial charge in [-0.05, 0) is 61.7 Å². The van der Waals surface area contributed by atoms with Crippen LogP contribution in [-0.2, 0) is 4.79 Å². The molecule has 0 saturated carbocycles. The number of amides is 1. The number of amidine groups is 1. The Kier molecular flexibility index (Phi) is 5.84. The standard InChI is InChI=1S/C31H23N3O6/c1-16-8-7-11-20-27(36)22(31(38)40-28(16)20)14-23-30(37)33-34(29(32-23)19-9-5-4-6-10-19)24-15-21-17(2)13-26(35)39-25(21)12-18(24)3/h4-15,38H,1-3H3,(H,33,37)/b23-14+. The summed E-state index contributed by atoms with van der Waals surface area (Å²) in [4.78, 5) is 43.2. The third kappa shape index (κ3) is 4.14. The van der Waals surface area contributed by atoms with E-state index in [0.29, 0.717) is 33.6 Å². The van der Waals surface area contributed by atoms with Crippen molar-refractivity contribution in [3.8, 4) is 5.95 Å². The van der Waals surface area contributed by atoms with Crippen LogP contribution in [-0.4, -0.2) is 16.8 Å². The van der Waals surface area contributed by atoms with Gasteiger partial charge >= 0.3 is 5.63 Å². The van der Waals surface area contributed by atoms with Crippen LogP contribution in [0.4, 0.5) is 5.69 Å². The van der Waals surface area contributed by atoms with E-state index in [1.165, 1.54) is 12.1 Å². The van der Waals surface area contributed by atoms with Gasteiger partial charge in [0.25, 0.3) is 11.9 Å². The van der Waals surface area contributed by atoms with E-state index in [2.05, 4.69) is 10.4 Å². The Morgan fingerprint density at radius 1 is 0.850 bits per heavy atom. The molecular formula is C31H23N3O6. The number of para-hydroxylation sites is 1. The van der Waals surface area contributed by atoms with E-state index in [0.717, 1.165) is 11.1 Å². The monoisotopic (exact) mass is 533 g/mol. The van der Waals surface area contributed by atoms with E-state index < -0.39 is 22.9 Å². The minimum absolute atomic E-state index is 0.0923. The summed E-state index contributed by atoms with van der Waals surface area (Å²) in [6.07, 6.45) is 1.23. The lowest BCUT2D eigenvalue weighted by Gasteiger charge is -2.31. The molecule has 1 aliphatic heterocycles. The number of anilines is 1. The van der Waals surface area contributed by atoms with Crippen molar-refractivity contribution in [3.63, 3.8) is 0 Å². The molecule has 2 aromatic heterocycles. The average Bonchev–Trinajstić information content (AvgIpc) is 2.92. The Balaban J connectivity index is 1.55. The SMILES string of the molecule is Cc1cc2oc(=O)cc(C)c2cc1N1NC(=O)/C(=C\c2c(O)oc3c(C)cccc3c2=O)N=C1c1ccccc1. The second-order valence-corrected chi connectivity index (χ2v) is 9.59. The van der Waals surface area contributed by atoms with Gasteiger partial charge in [-0.3, -0.25) is 15.0 Å². The van der Waals surface area contributed by atoms with Crippen LogP contribution in [0.15, 0.2) is 95.8 Å². The molecule has 0 unspecified atom stereocenters. The van der Waals surface area contributed by atoms with E-state index in [4.69, 9.17) is 8.83 Å². The molecule has 0 spiro atoms. The summed E-state index contributed by atoms with van der Waals surface area (Å²) in [7, 11) is 0. The van der Waals surface area contributed by atoms with Crippen molar-refractivity contribution in [2.24, 2.45) is 4.99 Å². The van der Waals surface area contributed by atoms with Gasteiger partial charge < -0.3 is 13.9 Å². The first-order valence-electron chi connectivity index (χ1n) is 12.5. The summed E-state index contributed by atoms with van der Waals surface area (Å²) in [5.41, 5.74) is 5.82. The summed E-state index contributed by atoms with van der Waals surface area (Å²) in [5.74, 6) is -0.823. The smallest absolute Gasteiger partial charge is 0.336 e. The number of fused-ring (bicyclic) bond motifs is 2. The number of aromatic hydroxyl groups is 1. The maximum Gasteiger partial charge on any atom is 0.336 e. The van der Waals surface area contributed by atoms with Gasteiger partial charge in [-0.2, -0.15) is 0 Å². The highest BCUT2D eigenvalue weighted by Crippen LogP contribution is 2.31. The predicted octanol–water partition coefficient (Wildman–Crippen LogP) is 4.87. The maximum atomic E-state index is 13.4. The van der Waals surface area contributed by atoms with E-state index in [1.807, 2.05) is 50.2 Å². The van der Waals surface area contributed by atoms with Crippen LogP contribution in [0, 0.1) is 20.8 Å². The van der Waals surface area contributed by atoms with Crippen molar-refractivity contribution in [2.75, 3.05) is 5.01 Å². The number of carbonyl (C=O) groups is 1. The molecule has 3 aromatic carbocycles. The first-order valence-corrected chi connectivity index (χ1v) is 12.5. The Bertz CT molecular complexity index is 2040. The average molecular weight is 534 g/mol. The van der Waals surface area contributed by atoms with Crippen LogP contribution in [0.2, 0.25) is 0 Å². The summed E-state index contributed by atoms with van der Waals surface area (Å²) < 4.78 is 10.9. The number of nitrogens with one attached hydrogen (secondary N) is 1. The number of hydrogen-bond acceptors (Lipinski definition) is 8. The lowest BCUT2D eigenvalue weighted by molar-refractivity contribution is -0.117. The number of rotatable bonds is 3. The molecule has 3 heterocycles. The molecular weight excluding hydrogens is 510 g/mol. The fraction of sp³-hybridized carbons (Fsp3) is 0.0968. The molecule has 0 fully saturated rings. The van der Waals surface area contributed by atoms with Crippen LogP contribution < -0.4 is 21.5 Å². The Labute approximate surface area is 227 Å². The molecule has 1 amide bonds. The third-order valence-corrected chi connectivity index (χ3v) is 6.84. The van der Waals surface area contributed by atoms with Gasteiger partial charge in [0.1, 0.15) is 22.4 Å². The van der Waals surface area contributed by atoms with E-state index in [1.54, 1.807) is 36.2 Å². The zero-order valence-electron chi connectivity index (χ0n) is 21.8. The molecule has 40 heavy (non-hydrogen) atoms. The topological polar surface area (TPSA) is 125 Å². The Morgan fingerprint density at radius 3 is 2.40 bits per heavy atom. The van der Waals surface area contributed by atoms with Crippen molar-refractivity contribution < 1.29 is 18.7 Å². The Morgan fingerprint density at radius 2 is 1.62 bits per heavy atom. The van der Waals surface area contributed by atoms with Crippen LogP contribution >= 0.6 is 0 Å². The minimum Gasteiger partial charge on any atom is -0.480 e. The zero-order chi connectivity index (χ0) is 28.1. The van der Waals surface area contributed by atoms with Crippen molar-refractivity contribution >= 4 is 45.4 Å². The number of hydrogen-bond donors (Lipinski definition) is 2. The maximum absolute atomic E-state index is 13.4. The first kappa shape index (κ1) is 24.9. The second kappa shape index (κ2) is 9.39. The van der Waals surface area contributed by atoms with Gasteiger partial charge in [0.15, 0.2) is 5.84 Å². The highest BCUT2D eigenvalue weighted by Gasteiger charge is 2.29. The van der Waals surface area contributed by atoms with E-state index in [9.17, 15) is 19.5 Å². The molecule has 9 heteroatoms. The number of hydrazine groups is 1. The molecule has 5 aromatic rings. The van der Waals surface area contributed by atoms with Crippen LogP contribution in [0.5, 0.6) is 5.95 Å². The summed E-state index contributed by atoms with van der Waals surface area (Å²) in [6.45, 7) is 5.41. The Hall–Kier alpha value is -5.44. The second-order valence-electron chi connectivity index (χ2n) is 9.59. The largest absolute Gasteiger partial charge is 0.480 e. The summed E-state index contributed by atoms with van der Waals surface area (Å²) >= 11 is 0. The van der Waals surface area contributed by atoms with Gasteiger partial charge in [0.2, 0.25) is 5.43 Å². The molecule has 0 aliphatic carbocycles. The molecule has 1 aliphatic rings. The first-order chi connectivity index (χ1) is 19.2. The lowest BCUT2D eigenvalue weighted by atomic mass is 10.1. The highest BCUT2D eigenvalue weighted by atomic mass is 16.5. The number of aliphatic imine (C=N–C) groups is 1. The minimum atomic E-state index is -0.603. The van der Waals surface area contributed by atoms with Gasteiger partial charge in [-0.15, -0.1) is 0 Å². The van der Waals surface area contributed by atoms with Crippen LogP contribution in [0.1, 0.15) is 27.8 Å². The number of nitrogens with zero attached hydrogens (tertiary/aromatic N) is 2. The van der Waals surface area contributed by atoms with Gasteiger partial charge in [0, 0.05) is 17.0 Å². The molecule has 9 nitrogen and oxygen atoms in total. The predicted molar refractivity (Wildman–Crippen MR) is 152 cm³/mol. The van der Waals surface area contributed by atoms with Crippen molar-refractivity contribution in [1.29, 1.82) is 0 Å². The van der Waals surface area contributed by atoms with E-state index in [-0.39, 0.29) is 22.2 Å². The van der Waals surface area contributed by atoms with Crippen molar-refractivity contribution in [3.05, 3.63) is 121 Å². The molecule has 2 N–H and O–H groups in total. The number of benzene rings is 3. The molecule has 0 atom stereocenters. The van der Waals surface area contributed by atoms with Crippen LogP contribution in [0.3, 0.4) is 0 Å². The lowest BCUT2D eigenvalue weighted by Crippen LogP contribution is -2.51. The quantitative estimate of drug-likeness (QED) is 0.250. The molecule has 6 rings (SSSR count). The van der Waals surface area contributed by atoms with E-state index >= 15 is 0 Å². The van der Waals surface area contributed by atoms with Crippen molar-refractivity contribution in [1.82, 2.24) is 5.43 Å². The highest BCUT2D eigenvalue weighted by molar-refractivity contribution is 6.18. The summed E-state index contributed by atoms with van der Waals surface area (Å²) in [6, 6.07) is 19.3. The van der Waals surface area contributed by atoms with Gasteiger partial charge in [-0.1, -0.05) is 42.5 Å². The number of aryl methyl sites for hydroxylation is 3. The van der Waals surface area contributed by atoms with Gasteiger partial charge in [0.05, 0.1) is 11.1 Å². The fourth-order valence-corrected chi connectivity index (χ4v) is 4.80. The summed E-state index contributed by atoms with van der Waals surface area (Å²) in [5, 5.41) is 13.1. The normalized spacial score (nSPS) is 14.6. The molecule has 0 radical (unpaired) electrons. The van der Waals surface area contributed by atoms with Gasteiger partial charge in [-0.25, -0.2) is 14.8 Å². The third-order valence-electron chi connectivity index (χ3n) is 6.84. The fourth-order valence-electron chi connectivity index (χ4n) is 4.80. The van der Waals surface area contributed by atoms with Crippen molar-refractivity contribution in [2.45, 2.75) is 20.8 Å². The molecule has 0 saturated heterocycles. The zero-order valence-corrected chi connectivity index (χ0v) is 21.8. The number of carbonyl (C=O) groups excluding carboxylic acids is 1. The van der Waals surface area contributed by atoms with Crippen LogP contribution in [0.25, 0.3) is 28.0 Å². The molecule has 0 bridgehead atoms. The molecule has 198 valence electrons.